The molecule has 1 spiro atoms. The number of amides is 2. The van der Waals surface area contributed by atoms with E-state index in [1.54, 1.807) is 7.05 Å². The topological polar surface area (TPSA) is 37.4 Å². The first-order valence-corrected chi connectivity index (χ1v) is 7.42. The van der Waals surface area contributed by atoms with E-state index in [0.29, 0.717) is 18.3 Å². The van der Waals surface area contributed by atoms with Gasteiger partial charge in [-0.2, -0.15) is 0 Å². The summed E-state index contributed by atoms with van der Waals surface area (Å²) in [6.07, 6.45) is 7.84. The fourth-order valence-corrected chi connectivity index (χ4v) is 5.80. The third-order valence-electron chi connectivity index (χ3n) is 6.42. The number of nitrogens with zero attached hydrogens (tertiary/aromatic N) is 1. The summed E-state index contributed by atoms with van der Waals surface area (Å²) < 4.78 is 0. The molecule has 0 aromatic heterocycles. The second-order valence-electron chi connectivity index (χ2n) is 7.10. The molecule has 0 unspecified atom stereocenters. The summed E-state index contributed by atoms with van der Waals surface area (Å²) in [4.78, 5) is 25.9. The molecule has 2 amide bonds. The van der Waals surface area contributed by atoms with E-state index in [0.717, 1.165) is 18.3 Å². The highest BCUT2D eigenvalue weighted by molar-refractivity contribution is 6.00. The fourth-order valence-electron chi connectivity index (χ4n) is 5.80. The molecular weight excluding hydrogens is 226 g/mol. The van der Waals surface area contributed by atoms with Crippen LogP contribution >= 0.6 is 0 Å². The average molecular weight is 247 g/mol. The van der Waals surface area contributed by atoms with Gasteiger partial charge in [0.2, 0.25) is 11.8 Å². The van der Waals surface area contributed by atoms with E-state index in [1.165, 1.54) is 37.0 Å². The molecule has 98 valence electrons. The Hall–Kier alpha value is -0.860. The van der Waals surface area contributed by atoms with Crippen LogP contribution in [0, 0.1) is 29.1 Å². The van der Waals surface area contributed by atoms with Crippen LogP contribution in [0.25, 0.3) is 0 Å². The first-order valence-electron chi connectivity index (χ1n) is 7.42. The molecule has 4 aliphatic carbocycles. The molecule has 0 aromatic rings. The normalized spacial score (nSPS) is 50.4. The third kappa shape index (κ3) is 1.16. The van der Waals surface area contributed by atoms with Gasteiger partial charge in [0.1, 0.15) is 0 Å². The Kier molecular flexibility index (Phi) is 2.06. The van der Waals surface area contributed by atoms with Gasteiger partial charge < -0.3 is 0 Å². The highest BCUT2D eigenvalue weighted by atomic mass is 16.2. The summed E-state index contributed by atoms with van der Waals surface area (Å²) in [5.74, 6) is 3.11. The van der Waals surface area contributed by atoms with Crippen molar-refractivity contribution < 1.29 is 9.59 Å². The van der Waals surface area contributed by atoms with Crippen LogP contribution in [0.3, 0.4) is 0 Å². The van der Waals surface area contributed by atoms with Gasteiger partial charge in [0.25, 0.3) is 0 Å². The second-order valence-corrected chi connectivity index (χ2v) is 7.10. The lowest BCUT2D eigenvalue weighted by atomic mass is 9.43. The molecule has 18 heavy (non-hydrogen) atoms. The number of carbonyl (C=O) groups excluding carboxylic acids is 2. The van der Waals surface area contributed by atoms with E-state index in [4.69, 9.17) is 0 Å². The molecule has 3 heteroatoms. The molecule has 0 radical (unpaired) electrons. The summed E-state index contributed by atoms with van der Waals surface area (Å²) in [6.45, 7) is 0. The number of imide groups is 1. The van der Waals surface area contributed by atoms with Crippen LogP contribution in [0.5, 0.6) is 0 Å². The summed E-state index contributed by atoms with van der Waals surface area (Å²) in [7, 11) is 1.69. The first kappa shape index (κ1) is 11.0. The molecule has 3 nitrogen and oxygen atoms in total. The maximum atomic E-state index is 12.8. The predicted octanol–water partition coefficient (Wildman–Crippen LogP) is 2.21. The third-order valence-corrected chi connectivity index (χ3v) is 6.42. The maximum Gasteiger partial charge on any atom is 0.235 e. The number of hydrogen-bond acceptors (Lipinski definition) is 2. The van der Waals surface area contributed by atoms with Gasteiger partial charge in [0, 0.05) is 13.5 Å². The van der Waals surface area contributed by atoms with Crippen molar-refractivity contribution in [3.05, 3.63) is 0 Å². The Morgan fingerprint density at radius 3 is 2.11 bits per heavy atom. The van der Waals surface area contributed by atoms with Crippen molar-refractivity contribution >= 4 is 11.8 Å². The highest BCUT2D eigenvalue weighted by Crippen LogP contribution is 2.65. The fraction of sp³-hybridized carbons (Fsp3) is 0.867. The zero-order valence-electron chi connectivity index (χ0n) is 11.0. The van der Waals surface area contributed by atoms with Crippen LogP contribution in [-0.2, 0) is 9.59 Å². The molecule has 1 heterocycles. The van der Waals surface area contributed by atoms with E-state index < -0.39 is 0 Å². The van der Waals surface area contributed by atoms with Crippen molar-refractivity contribution in [2.75, 3.05) is 7.05 Å². The van der Waals surface area contributed by atoms with Crippen LogP contribution < -0.4 is 0 Å². The van der Waals surface area contributed by atoms with E-state index in [1.807, 2.05) is 0 Å². The molecule has 0 N–H and O–H groups in total. The van der Waals surface area contributed by atoms with Gasteiger partial charge >= 0.3 is 0 Å². The SMILES string of the molecule is CN1C(=O)CCC2(C1=O)C1CC3CC(C1)CC2C3. The summed E-state index contributed by atoms with van der Waals surface area (Å²) in [6, 6.07) is 0. The lowest BCUT2D eigenvalue weighted by Crippen LogP contribution is -2.62. The number of hydrogen-bond donors (Lipinski definition) is 0. The molecule has 1 saturated heterocycles. The second kappa shape index (κ2) is 3.37. The maximum absolute atomic E-state index is 12.8. The zero-order chi connectivity index (χ0) is 12.5. The van der Waals surface area contributed by atoms with Gasteiger partial charge in [0.15, 0.2) is 0 Å². The van der Waals surface area contributed by atoms with Crippen molar-refractivity contribution in [3.8, 4) is 0 Å². The lowest BCUT2D eigenvalue weighted by Gasteiger charge is -2.62. The van der Waals surface area contributed by atoms with Gasteiger partial charge in [-0.15, -0.1) is 0 Å². The van der Waals surface area contributed by atoms with Gasteiger partial charge in [-0.25, -0.2) is 0 Å². The predicted molar refractivity (Wildman–Crippen MR) is 66.5 cm³/mol. The summed E-state index contributed by atoms with van der Waals surface area (Å²) in [5, 5.41) is 0. The molecule has 5 fully saturated rings. The molecule has 4 saturated carbocycles. The lowest BCUT2D eigenvalue weighted by molar-refractivity contribution is -0.181. The minimum atomic E-state index is -0.143. The monoisotopic (exact) mass is 247 g/mol. The highest BCUT2D eigenvalue weighted by Gasteiger charge is 2.62. The van der Waals surface area contributed by atoms with Crippen LogP contribution in [0.15, 0.2) is 0 Å². The van der Waals surface area contributed by atoms with E-state index >= 15 is 0 Å². The Bertz CT molecular complexity index is 400. The number of likely N-dealkylation sites (tertiary alicyclic amines) is 1. The summed E-state index contributed by atoms with van der Waals surface area (Å²) >= 11 is 0. The van der Waals surface area contributed by atoms with Gasteiger partial charge in [-0.1, -0.05) is 0 Å². The Morgan fingerprint density at radius 2 is 1.56 bits per heavy atom. The minimum absolute atomic E-state index is 0.0273. The van der Waals surface area contributed by atoms with Crippen molar-refractivity contribution in [1.29, 1.82) is 0 Å². The van der Waals surface area contributed by atoms with Crippen molar-refractivity contribution in [3.63, 3.8) is 0 Å². The minimum Gasteiger partial charge on any atom is -0.285 e. The molecule has 4 bridgehead atoms. The van der Waals surface area contributed by atoms with Gasteiger partial charge in [-0.05, 0) is 62.2 Å². The average Bonchev–Trinajstić information content (AvgIpc) is 2.34. The van der Waals surface area contributed by atoms with Crippen molar-refractivity contribution in [1.82, 2.24) is 4.90 Å². The molecule has 5 aliphatic rings. The quantitative estimate of drug-likeness (QED) is 0.615. The smallest absolute Gasteiger partial charge is 0.235 e. The number of piperidine rings is 1. The molecule has 5 rings (SSSR count). The van der Waals surface area contributed by atoms with E-state index in [2.05, 4.69) is 0 Å². The number of carbonyl (C=O) groups is 2. The van der Waals surface area contributed by atoms with Crippen molar-refractivity contribution in [2.45, 2.75) is 44.9 Å². The van der Waals surface area contributed by atoms with Gasteiger partial charge in [0.05, 0.1) is 5.41 Å². The molecule has 0 aromatic carbocycles. The van der Waals surface area contributed by atoms with Gasteiger partial charge in [-0.3, -0.25) is 14.5 Å². The Labute approximate surface area is 108 Å². The first-order chi connectivity index (χ1) is 8.61. The van der Waals surface area contributed by atoms with Crippen LogP contribution in [0.1, 0.15) is 44.9 Å². The Balaban J connectivity index is 1.75. The van der Waals surface area contributed by atoms with E-state index in [-0.39, 0.29) is 17.2 Å². The standard InChI is InChI=1S/C15H21NO2/c1-16-13(17)2-3-15(14(16)18)11-5-9-4-10(7-11)8-12(15)6-9/h9-12H,2-8H2,1H3. The Morgan fingerprint density at radius 1 is 1.00 bits per heavy atom. The van der Waals surface area contributed by atoms with Crippen LogP contribution in [0.4, 0.5) is 0 Å². The van der Waals surface area contributed by atoms with Crippen LogP contribution in [-0.4, -0.2) is 23.8 Å². The molecule has 1 aliphatic heterocycles. The van der Waals surface area contributed by atoms with E-state index in [9.17, 15) is 9.59 Å². The summed E-state index contributed by atoms with van der Waals surface area (Å²) in [5.41, 5.74) is -0.143. The largest absolute Gasteiger partial charge is 0.285 e. The van der Waals surface area contributed by atoms with Crippen molar-refractivity contribution in [2.24, 2.45) is 29.1 Å². The zero-order valence-corrected chi connectivity index (χ0v) is 11.0. The van der Waals surface area contributed by atoms with Crippen LogP contribution in [0.2, 0.25) is 0 Å². The number of rotatable bonds is 0. The molecule has 0 atom stereocenters. The molecular formula is C15H21NO2.